The van der Waals surface area contributed by atoms with E-state index in [1.54, 1.807) is 18.2 Å². The third-order valence-corrected chi connectivity index (χ3v) is 9.68. The van der Waals surface area contributed by atoms with Crippen LogP contribution in [0.4, 0.5) is 0 Å². The summed E-state index contributed by atoms with van der Waals surface area (Å²) in [6.45, 7) is 2.24. The van der Waals surface area contributed by atoms with Crippen molar-refractivity contribution in [1.29, 1.82) is 0 Å². The number of hydrogen-bond donors (Lipinski definition) is 1. The Morgan fingerprint density at radius 1 is 0.683 bits per heavy atom. The van der Waals surface area contributed by atoms with E-state index in [-0.39, 0.29) is 5.91 Å². The molecule has 0 spiro atoms. The van der Waals surface area contributed by atoms with Crippen molar-refractivity contribution in [3.8, 4) is 0 Å². The number of ether oxygens (including phenoxy) is 1. The van der Waals surface area contributed by atoms with Gasteiger partial charge in [0.05, 0.1) is 12.7 Å². The molecule has 6 heteroatoms. The molecule has 3 aromatic carbocycles. The standard InChI is InChI=1S/C35H44NO4P/c1-3-4-5-6-7-8-9-10-11-12-19-24-33(37)36-34(38)28-25-26-31(35(39)40-2)32(27-28)41(29-20-15-13-16-21-29)30-22-17-14-18-23-30/h13-18,20-23,25-27H,3-12,19,24H2,1-2H3,(H,36,37,38). The van der Waals surface area contributed by atoms with Crippen LogP contribution in [0, 0.1) is 0 Å². The minimum atomic E-state index is -1.15. The molecule has 2 amide bonds. The fraction of sp³-hybridized carbons (Fsp3) is 0.400. The van der Waals surface area contributed by atoms with Crippen LogP contribution < -0.4 is 21.2 Å². The van der Waals surface area contributed by atoms with E-state index < -0.39 is 19.8 Å². The van der Waals surface area contributed by atoms with E-state index in [1.165, 1.54) is 58.5 Å². The Hall–Kier alpha value is -3.30. The van der Waals surface area contributed by atoms with Gasteiger partial charge in [-0.15, -0.1) is 0 Å². The number of esters is 1. The maximum Gasteiger partial charge on any atom is 0.338 e. The Labute approximate surface area is 246 Å². The predicted molar refractivity (Wildman–Crippen MR) is 170 cm³/mol. The molecule has 3 rings (SSSR count). The lowest BCUT2D eigenvalue weighted by Crippen LogP contribution is -2.32. The van der Waals surface area contributed by atoms with E-state index in [0.717, 1.165) is 35.2 Å². The molecule has 0 radical (unpaired) electrons. The Balaban J connectivity index is 1.62. The van der Waals surface area contributed by atoms with Crippen molar-refractivity contribution in [3.05, 3.63) is 90.0 Å². The average molecular weight is 574 g/mol. The number of unbranched alkanes of at least 4 members (excludes halogenated alkanes) is 10. The molecule has 0 aliphatic carbocycles. The van der Waals surface area contributed by atoms with Crippen molar-refractivity contribution >= 4 is 41.6 Å². The first-order chi connectivity index (χ1) is 20.0. The number of hydrogen-bond acceptors (Lipinski definition) is 4. The molecule has 0 atom stereocenters. The summed E-state index contributed by atoms with van der Waals surface area (Å²) in [7, 11) is 0.200. The molecule has 0 saturated heterocycles. The first-order valence-electron chi connectivity index (χ1n) is 15.0. The quantitative estimate of drug-likeness (QED) is 0.105. The summed E-state index contributed by atoms with van der Waals surface area (Å²) in [4.78, 5) is 38.5. The zero-order valence-electron chi connectivity index (χ0n) is 24.6. The zero-order valence-corrected chi connectivity index (χ0v) is 25.5. The van der Waals surface area contributed by atoms with Crippen molar-refractivity contribution in [2.75, 3.05) is 7.11 Å². The van der Waals surface area contributed by atoms with Crippen LogP contribution in [0.1, 0.15) is 105 Å². The van der Waals surface area contributed by atoms with Crippen LogP contribution in [0.15, 0.2) is 78.9 Å². The maximum absolute atomic E-state index is 13.1. The lowest BCUT2D eigenvalue weighted by molar-refractivity contribution is -0.120. The molecule has 0 fully saturated rings. The summed E-state index contributed by atoms with van der Waals surface area (Å²) < 4.78 is 5.09. The highest BCUT2D eigenvalue weighted by molar-refractivity contribution is 7.80. The number of methoxy groups -OCH3 is 1. The van der Waals surface area contributed by atoms with Gasteiger partial charge in [0.2, 0.25) is 5.91 Å². The number of amides is 2. The molecule has 0 aliphatic rings. The highest BCUT2D eigenvalue weighted by atomic mass is 31.1. The summed E-state index contributed by atoms with van der Waals surface area (Å²) in [5, 5.41) is 5.36. The molecule has 0 bridgehead atoms. The minimum Gasteiger partial charge on any atom is -0.465 e. The van der Waals surface area contributed by atoms with Gasteiger partial charge < -0.3 is 4.74 Å². The van der Waals surface area contributed by atoms with Gasteiger partial charge >= 0.3 is 5.97 Å². The molecular weight excluding hydrogens is 529 g/mol. The second-order valence-electron chi connectivity index (χ2n) is 10.4. The van der Waals surface area contributed by atoms with Gasteiger partial charge in [0.25, 0.3) is 5.91 Å². The summed E-state index contributed by atoms with van der Waals surface area (Å²) in [6.07, 6.45) is 13.6. The third-order valence-electron chi connectivity index (χ3n) is 7.20. The van der Waals surface area contributed by atoms with E-state index in [0.29, 0.717) is 17.5 Å². The molecule has 218 valence electrons. The molecule has 0 aliphatic heterocycles. The average Bonchev–Trinajstić information content (AvgIpc) is 3.00. The van der Waals surface area contributed by atoms with Gasteiger partial charge in [-0.1, -0.05) is 132 Å². The van der Waals surface area contributed by atoms with Gasteiger partial charge in [-0.3, -0.25) is 14.9 Å². The molecule has 3 aromatic rings. The van der Waals surface area contributed by atoms with Crippen molar-refractivity contribution in [3.63, 3.8) is 0 Å². The van der Waals surface area contributed by atoms with Gasteiger partial charge in [-0.05, 0) is 43.2 Å². The highest BCUT2D eigenvalue weighted by Crippen LogP contribution is 2.34. The molecule has 0 aromatic heterocycles. The van der Waals surface area contributed by atoms with E-state index >= 15 is 0 Å². The maximum atomic E-state index is 13.1. The van der Waals surface area contributed by atoms with Crippen LogP contribution in [-0.2, 0) is 9.53 Å². The van der Waals surface area contributed by atoms with E-state index in [4.69, 9.17) is 4.74 Å². The van der Waals surface area contributed by atoms with E-state index in [1.807, 2.05) is 60.7 Å². The Morgan fingerprint density at radius 3 is 1.71 bits per heavy atom. The molecule has 0 unspecified atom stereocenters. The van der Waals surface area contributed by atoms with Gasteiger partial charge in [0, 0.05) is 17.3 Å². The monoisotopic (exact) mass is 573 g/mol. The Kier molecular flexibility index (Phi) is 14.3. The summed E-state index contributed by atoms with van der Waals surface area (Å²) in [5.74, 6) is -1.18. The third kappa shape index (κ3) is 10.6. The van der Waals surface area contributed by atoms with Crippen molar-refractivity contribution < 1.29 is 19.1 Å². The smallest absolute Gasteiger partial charge is 0.338 e. The van der Waals surface area contributed by atoms with Crippen LogP contribution >= 0.6 is 7.92 Å². The van der Waals surface area contributed by atoms with Crippen molar-refractivity contribution in [2.45, 2.75) is 84.0 Å². The van der Waals surface area contributed by atoms with E-state index in [2.05, 4.69) is 12.2 Å². The molecular formula is C35H44NO4P. The molecule has 1 N–H and O–H groups in total. The number of rotatable bonds is 17. The van der Waals surface area contributed by atoms with Crippen LogP contribution in [0.2, 0.25) is 0 Å². The normalized spacial score (nSPS) is 10.9. The summed E-state index contributed by atoms with van der Waals surface area (Å²) in [6, 6.07) is 24.9. The first kappa shape index (κ1) is 32.2. The number of benzene rings is 3. The fourth-order valence-corrected chi connectivity index (χ4v) is 7.40. The Morgan fingerprint density at radius 2 is 1.20 bits per heavy atom. The SMILES string of the molecule is CCCCCCCCCCCCCC(=O)NC(=O)c1ccc(C(=O)OC)c(P(c2ccccc2)c2ccccc2)c1. The number of carbonyl (C=O) groups excluding carboxylic acids is 3. The second-order valence-corrected chi connectivity index (χ2v) is 12.6. The number of imide groups is 1. The lowest BCUT2D eigenvalue weighted by Gasteiger charge is -2.22. The van der Waals surface area contributed by atoms with Gasteiger partial charge in [0.1, 0.15) is 0 Å². The van der Waals surface area contributed by atoms with Crippen LogP contribution in [0.25, 0.3) is 0 Å². The highest BCUT2D eigenvalue weighted by Gasteiger charge is 2.25. The van der Waals surface area contributed by atoms with Crippen LogP contribution in [0.5, 0.6) is 0 Å². The molecule has 5 nitrogen and oxygen atoms in total. The topological polar surface area (TPSA) is 72.5 Å². The largest absolute Gasteiger partial charge is 0.465 e. The second kappa shape index (κ2) is 18.2. The summed E-state index contributed by atoms with van der Waals surface area (Å²) >= 11 is 0. The summed E-state index contributed by atoms with van der Waals surface area (Å²) in [5.41, 5.74) is 0.759. The van der Waals surface area contributed by atoms with E-state index in [9.17, 15) is 14.4 Å². The predicted octanol–water partition coefficient (Wildman–Crippen LogP) is 7.19. The minimum absolute atomic E-state index is 0.266. The van der Waals surface area contributed by atoms with Gasteiger partial charge in [0.15, 0.2) is 0 Å². The van der Waals surface area contributed by atoms with Gasteiger partial charge in [-0.25, -0.2) is 4.79 Å². The fourth-order valence-electron chi connectivity index (χ4n) is 4.93. The van der Waals surface area contributed by atoms with Crippen molar-refractivity contribution in [2.24, 2.45) is 0 Å². The Bertz CT molecular complexity index is 1190. The zero-order chi connectivity index (χ0) is 29.3. The molecule has 0 heterocycles. The first-order valence-corrected chi connectivity index (χ1v) is 16.4. The lowest BCUT2D eigenvalue weighted by atomic mass is 10.1. The molecule has 0 saturated carbocycles. The number of nitrogens with one attached hydrogen (secondary N) is 1. The van der Waals surface area contributed by atoms with Gasteiger partial charge in [-0.2, -0.15) is 0 Å². The van der Waals surface area contributed by atoms with Crippen molar-refractivity contribution in [1.82, 2.24) is 5.32 Å². The number of carbonyl (C=O) groups is 3. The molecule has 41 heavy (non-hydrogen) atoms. The van der Waals surface area contributed by atoms with Crippen LogP contribution in [0.3, 0.4) is 0 Å². The van der Waals surface area contributed by atoms with Crippen LogP contribution in [-0.4, -0.2) is 24.9 Å².